The lowest BCUT2D eigenvalue weighted by Crippen LogP contribution is -2.23. The Labute approximate surface area is 107 Å². The number of nitrogens with one attached hydrogen (secondary N) is 1. The molecule has 94 valence electrons. The van der Waals surface area contributed by atoms with Crippen LogP contribution >= 0.6 is 0 Å². The normalized spacial score (nSPS) is 20.2. The van der Waals surface area contributed by atoms with Crippen molar-refractivity contribution in [2.75, 3.05) is 25.5 Å². The molecule has 1 unspecified atom stereocenters. The second-order valence-corrected chi connectivity index (χ2v) is 4.91. The Morgan fingerprint density at radius 2 is 2.33 bits per heavy atom. The first kappa shape index (κ1) is 11.3. The van der Waals surface area contributed by atoms with Gasteiger partial charge in [0.05, 0.1) is 6.33 Å². The summed E-state index contributed by atoms with van der Waals surface area (Å²) < 4.78 is 2.02. The number of rotatable bonds is 3. The van der Waals surface area contributed by atoms with Crippen molar-refractivity contribution in [1.29, 1.82) is 0 Å². The fraction of sp³-hybridized carbons (Fsp3) is 0.357. The molecule has 1 aliphatic heterocycles. The van der Waals surface area contributed by atoms with Crippen LogP contribution in [0.15, 0.2) is 43.0 Å². The third-order valence-electron chi connectivity index (χ3n) is 3.41. The van der Waals surface area contributed by atoms with Crippen molar-refractivity contribution in [2.24, 2.45) is 0 Å². The van der Waals surface area contributed by atoms with Gasteiger partial charge in [-0.15, -0.1) is 0 Å². The van der Waals surface area contributed by atoms with Crippen LogP contribution in [0.1, 0.15) is 6.42 Å². The zero-order valence-corrected chi connectivity index (χ0v) is 10.6. The van der Waals surface area contributed by atoms with E-state index in [2.05, 4.69) is 46.5 Å². The smallest absolute Gasteiger partial charge is 0.0991 e. The average Bonchev–Trinajstić information content (AvgIpc) is 3.01. The zero-order chi connectivity index (χ0) is 12.4. The number of likely N-dealkylation sites (tertiary alicyclic amines) is 1. The molecule has 2 heterocycles. The van der Waals surface area contributed by atoms with Crippen molar-refractivity contribution in [3.8, 4) is 5.69 Å². The van der Waals surface area contributed by atoms with Crippen molar-refractivity contribution in [3.05, 3.63) is 43.0 Å². The minimum Gasteiger partial charge on any atom is -0.381 e. The van der Waals surface area contributed by atoms with Crippen molar-refractivity contribution < 1.29 is 0 Å². The van der Waals surface area contributed by atoms with Crippen molar-refractivity contribution in [2.45, 2.75) is 12.5 Å². The minimum absolute atomic E-state index is 0.563. The summed E-state index contributed by atoms with van der Waals surface area (Å²) in [4.78, 5) is 6.44. The Kier molecular flexibility index (Phi) is 3.02. The summed E-state index contributed by atoms with van der Waals surface area (Å²) in [6, 6.07) is 9.02. The molecule has 1 aliphatic rings. The molecular weight excluding hydrogens is 224 g/mol. The number of likely N-dealkylation sites (N-methyl/N-ethyl adjacent to an activating group) is 1. The van der Waals surface area contributed by atoms with Crippen LogP contribution in [0.25, 0.3) is 5.69 Å². The third-order valence-corrected chi connectivity index (χ3v) is 3.41. The van der Waals surface area contributed by atoms with Gasteiger partial charge in [0.1, 0.15) is 0 Å². The van der Waals surface area contributed by atoms with E-state index in [1.807, 2.05) is 17.1 Å². The molecule has 4 nitrogen and oxygen atoms in total. The van der Waals surface area contributed by atoms with Crippen LogP contribution in [0.4, 0.5) is 5.69 Å². The summed E-state index contributed by atoms with van der Waals surface area (Å²) in [5.41, 5.74) is 2.32. The van der Waals surface area contributed by atoms with Crippen molar-refractivity contribution >= 4 is 5.69 Å². The molecular formula is C14H18N4. The van der Waals surface area contributed by atoms with E-state index in [1.165, 1.54) is 18.7 Å². The van der Waals surface area contributed by atoms with Gasteiger partial charge in [0.2, 0.25) is 0 Å². The summed E-state index contributed by atoms with van der Waals surface area (Å²) in [6.45, 7) is 2.30. The van der Waals surface area contributed by atoms with Gasteiger partial charge >= 0.3 is 0 Å². The van der Waals surface area contributed by atoms with Gasteiger partial charge in [-0.2, -0.15) is 0 Å². The maximum Gasteiger partial charge on any atom is 0.0991 e. The number of hydrogen-bond donors (Lipinski definition) is 1. The fourth-order valence-electron chi connectivity index (χ4n) is 2.46. The van der Waals surface area contributed by atoms with Crippen LogP contribution < -0.4 is 5.32 Å². The van der Waals surface area contributed by atoms with Gasteiger partial charge in [-0.1, -0.05) is 6.07 Å². The first-order valence-electron chi connectivity index (χ1n) is 6.35. The fourth-order valence-corrected chi connectivity index (χ4v) is 2.46. The molecule has 1 fully saturated rings. The van der Waals surface area contributed by atoms with Crippen LogP contribution in [-0.4, -0.2) is 40.6 Å². The Hall–Kier alpha value is -1.81. The van der Waals surface area contributed by atoms with Crippen LogP contribution in [0, 0.1) is 0 Å². The number of nitrogens with zero attached hydrogens (tertiary/aromatic N) is 3. The number of aromatic nitrogens is 2. The molecule has 0 radical (unpaired) electrons. The summed E-state index contributed by atoms with van der Waals surface area (Å²) in [7, 11) is 2.17. The molecule has 2 aromatic rings. The second-order valence-electron chi connectivity index (χ2n) is 4.91. The predicted molar refractivity (Wildman–Crippen MR) is 73.1 cm³/mol. The number of benzene rings is 1. The Balaban J connectivity index is 1.75. The zero-order valence-electron chi connectivity index (χ0n) is 10.6. The van der Waals surface area contributed by atoms with E-state index in [9.17, 15) is 0 Å². The topological polar surface area (TPSA) is 33.1 Å². The molecule has 0 saturated carbocycles. The van der Waals surface area contributed by atoms with Gasteiger partial charge in [-0.05, 0) is 38.2 Å². The number of hydrogen-bond acceptors (Lipinski definition) is 3. The highest BCUT2D eigenvalue weighted by Crippen LogP contribution is 2.18. The Morgan fingerprint density at radius 1 is 1.39 bits per heavy atom. The van der Waals surface area contributed by atoms with Crippen LogP contribution in [0.3, 0.4) is 0 Å². The van der Waals surface area contributed by atoms with E-state index in [-0.39, 0.29) is 0 Å². The van der Waals surface area contributed by atoms with Gasteiger partial charge in [0.15, 0.2) is 0 Å². The second kappa shape index (κ2) is 4.82. The molecule has 4 heteroatoms. The van der Waals surface area contributed by atoms with E-state index < -0.39 is 0 Å². The summed E-state index contributed by atoms with van der Waals surface area (Å²) in [5.74, 6) is 0. The highest BCUT2D eigenvalue weighted by atomic mass is 15.2. The maximum atomic E-state index is 4.08. The van der Waals surface area contributed by atoms with E-state index in [4.69, 9.17) is 0 Å². The molecule has 3 rings (SSSR count). The number of imidazole rings is 1. The Bertz CT molecular complexity index is 506. The summed E-state index contributed by atoms with van der Waals surface area (Å²) in [6.07, 6.45) is 6.79. The summed E-state index contributed by atoms with van der Waals surface area (Å²) in [5, 5.41) is 3.60. The monoisotopic (exact) mass is 242 g/mol. The lowest BCUT2D eigenvalue weighted by molar-refractivity contribution is 0.414. The van der Waals surface area contributed by atoms with Crippen molar-refractivity contribution in [1.82, 2.24) is 14.5 Å². The molecule has 1 aromatic carbocycles. The lowest BCUT2D eigenvalue weighted by Gasteiger charge is -2.15. The molecule has 0 amide bonds. The standard InChI is InChI=1S/C14H18N4/c1-17-7-5-13(10-17)16-12-3-2-4-14(9-12)18-8-6-15-11-18/h2-4,6,8-9,11,13,16H,5,7,10H2,1H3. The quantitative estimate of drug-likeness (QED) is 0.893. The van der Waals surface area contributed by atoms with Crippen LogP contribution in [0.5, 0.6) is 0 Å². The molecule has 0 aliphatic carbocycles. The first-order valence-corrected chi connectivity index (χ1v) is 6.35. The van der Waals surface area contributed by atoms with E-state index in [0.29, 0.717) is 6.04 Å². The lowest BCUT2D eigenvalue weighted by atomic mass is 10.2. The SMILES string of the molecule is CN1CCC(Nc2cccc(-n3ccnc3)c2)C1. The van der Waals surface area contributed by atoms with Gasteiger partial charge < -0.3 is 14.8 Å². The highest BCUT2D eigenvalue weighted by Gasteiger charge is 2.18. The maximum absolute atomic E-state index is 4.08. The molecule has 1 N–H and O–H groups in total. The molecule has 1 atom stereocenters. The minimum atomic E-state index is 0.563. The van der Waals surface area contributed by atoms with Crippen LogP contribution in [0.2, 0.25) is 0 Å². The Morgan fingerprint density at radius 3 is 3.06 bits per heavy atom. The largest absolute Gasteiger partial charge is 0.381 e. The van der Waals surface area contributed by atoms with Crippen LogP contribution in [-0.2, 0) is 0 Å². The van der Waals surface area contributed by atoms with E-state index >= 15 is 0 Å². The molecule has 1 aromatic heterocycles. The molecule has 1 saturated heterocycles. The van der Waals surface area contributed by atoms with E-state index in [0.717, 1.165) is 12.2 Å². The predicted octanol–water partition coefficient (Wildman–Crippen LogP) is 1.99. The molecule has 18 heavy (non-hydrogen) atoms. The van der Waals surface area contributed by atoms with Gasteiger partial charge in [0.25, 0.3) is 0 Å². The molecule has 0 bridgehead atoms. The highest BCUT2D eigenvalue weighted by molar-refractivity contribution is 5.51. The van der Waals surface area contributed by atoms with E-state index in [1.54, 1.807) is 6.20 Å². The first-order chi connectivity index (χ1) is 8.81. The van der Waals surface area contributed by atoms with Gasteiger partial charge in [0, 0.05) is 36.4 Å². The van der Waals surface area contributed by atoms with Crippen molar-refractivity contribution in [3.63, 3.8) is 0 Å². The molecule has 0 spiro atoms. The summed E-state index contributed by atoms with van der Waals surface area (Å²) >= 11 is 0. The average molecular weight is 242 g/mol. The van der Waals surface area contributed by atoms with Gasteiger partial charge in [-0.25, -0.2) is 4.98 Å². The third kappa shape index (κ3) is 2.38. The van der Waals surface area contributed by atoms with Gasteiger partial charge in [-0.3, -0.25) is 0 Å². The number of anilines is 1.